The first kappa shape index (κ1) is 20.0. The van der Waals surface area contributed by atoms with Crippen LogP contribution in [0.25, 0.3) is 39.2 Å². The van der Waals surface area contributed by atoms with Crippen molar-refractivity contribution in [3.05, 3.63) is 71.7 Å². The number of imidazole rings is 3. The van der Waals surface area contributed by atoms with Gasteiger partial charge in [-0.1, -0.05) is 24.3 Å². The van der Waals surface area contributed by atoms with E-state index in [2.05, 4.69) is 24.8 Å². The first-order valence-corrected chi connectivity index (χ1v) is 11.7. The minimum absolute atomic E-state index is 0.0454. The number of hydrogen-bond donors (Lipinski definition) is 1. The molecule has 0 saturated carbocycles. The summed E-state index contributed by atoms with van der Waals surface area (Å²) in [7, 11) is 1.96. The van der Waals surface area contributed by atoms with Crippen LogP contribution < -0.4 is 10.6 Å². The number of nitrogens with zero attached hydrogens (tertiary/aromatic N) is 8. The molecule has 1 aliphatic heterocycles. The lowest BCUT2D eigenvalue weighted by Crippen LogP contribution is -2.37. The van der Waals surface area contributed by atoms with Crippen LogP contribution >= 0.6 is 0 Å². The Morgan fingerprint density at radius 3 is 2.57 bits per heavy atom. The van der Waals surface area contributed by atoms with Crippen LogP contribution in [0.5, 0.6) is 0 Å². The normalized spacial score (nSPS) is 15.1. The number of aromatic nitrogens is 8. The molecule has 0 radical (unpaired) electrons. The Morgan fingerprint density at radius 2 is 1.71 bits per heavy atom. The number of hydrogen-bond acceptors (Lipinski definition) is 6. The largest absolute Gasteiger partial charge is 0.354 e. The van der Waals surface area contributed by atoms with Gasteiger partial charge in [0.2, 0.25) is 5.95 Å². The topological polar surface area (TPSA) is 102 Å². The van der Waals surface area contributed by atoms with Gasteiger partial charge in [-0.2, -0.15) is 0 Å². The van der Waals surface area contributed by atoms with Crippen LogP contribution in [0.3, 0.4) is 0 Å². The summed E-state index contributed by atoms with van der Waals surface area (Å²) in [5, 5.41) is 0. The van der Waals surface area contributed by atoms with Crippen molar-refractivity contribution in [2.24, 2.45) is 7.05 Å². The number of nitrogens with one attached hydrogen (secondary N) is 1. The molecule has 35 heavy (non-hydrogen) atoms. The van der Waals surface area contributed by atoms with E-state index >= 15 is 0 Å². The van der Waals surface area contributed by atoms with E-state index in [0.717, 1.165) is 70.9 Å². The molecular formula is C25H23N9O. The number of H-pyrrole nitrogens is 1. The maximum absolute atomic E-state index is 12.7. The number of rotatable bonds is 3. The van der Waals surface area contributed by atoms with E-state index in [1.54, 1.807) is 12.7 Å². The predicted molar refractivity (Wildman–Crippen MR) is 134 cm³/mol. The first-order chi connectivity index (χ1) is 17.2. The Hall–Kier alpha value is -4.47. The second kappa shape index (κ2) is 7.52. The monoisotopic (exact) mass is 465 g/mol. The van der Waals surface area contributed by atoms with Gasteiger partial charge < -0.3 is 9.88 Å². The average Bonchev–Trinajstić information content (AvgIpc) is 3.56. The molecule has 1 fully saturated rings. The number of para-hydroxylation sites is 4. The van der Waals surface area contributed by atoms with Crippen LogP contribution in [-0.4, -0.2) is 51.7 Å². The van der Waals surface area contributed by atoms with Crippen LogP contribution in [0.4, 0.5) is 5.82 Å². The van der Waals surface area contributed by atoms with Crippen molar-refractivity contribution in [1.29, 1.82) is 0 Å². The highest BCUT2D eigenvalue weighted by atomic mass is 16.1. The lowest BCUT2D eigenvalue weighted by Gasteiger charge is -2.33. The van der Waals surface area contributed by atoms with E-state index in [-0.39, 0.29) is 11.7 Å². The van der Waals surface area contributed by atoms with E-state index in [4.69, 9.17) is 4.98 Å². The summed E-state index contributed by atoms with van der Waals surface area (Å²) in [5.74, 6) is 1.57. The summed E-state index contributed by atoms with van der Waals surface area (Å²) < 4.78 is 5.87. The van der Waals surface area contributed by atoms with Crippen molar-refractivity contribution >= 4 is 39.0 Å². The van der Waals surface area contributed by atoms with Crippen molar-refractivity contribution in [3.8, 4) is 5.95 Å². The molecule has 4 aromatic heterocycles. The van der Waals surface area contributed by atoms with Gasteiger partial charge in [-0.3, -0.25) is 13.7 Å². The average molecular weight is 466 g/mol. The zero-order valence-corrected chi connectivity index (χ0v) is 19.2. The van der Waals surface area contributed by atoms with E-state index in [0.29, 0.717) is 0 Å². The molecule has 174 valence electrons. The molecule has 10 heteroatoms. The number of piperidine rings is 1. The Balaban J connectivity index is 1.23. The fourth-order valence-electron chi connectivity index (χ4n) is 5.31. The third-order valence-corrected chi connectivity index (χ3v) is 7.04. The molecule has 1 saturated heterocycles. The molecule has 1 aliphatic rings. The van der Waals surface area contributed by atoms with Crippen molar-refractivity contribution in [2.75, 3.05) is 18.0 Å². The van der Waals surface area contributed by atoms with Crippen molar-refractivity contribution < 1.29 is 0 Å². The highest BCUT2D eigenvalue weighted by Gasteiger charge is 2.27. The zero-order chi connectivity index (χ0) is 23.5. The second-order valence-electron chi connectivity index (χ2n) is 8.98. The Kier molecular flexibility index (Phi) is 4.29. The molecule has 2 aromatic carbocycles. The second-order valence-corrected chi connectivity index (χ2v) is 8.98. The summed E-state index contributed by atoms with van der Waals surface area (Å²) in [6.45, 7) is 1.56. The molecule has 0 amide bonds. The molecule has 0 spiro atoms. The Morgan fingerprint density at radius 1 is 0.943 bits per heavy atom. The van der Waals surface area contributed by atoms with E-state index in [1.807, 2.05) is 69.3 Å². The van der Waals surface area contributed by atoms with Gasteiger partial charge in [0.25, 0.3) is 0 Å². The van der Waals surface area contributed by atoms with E-state index in [1.165, 1.54) is 0 Å². The number of aromatic amines is 1. The Bertz CT molecular complexity index is 1760. The molecule has 7 rings (SSSR count). The van der Waals surface area contributed by atoms with Crippen LogP contribution in [-0.2, 0) is 7.05 Å². The summed E-state index contributed by atoms with van der Waals surface area (Å²) in [4.78, 5) is 36.5. The summed E-state index contributed by atoms with van der Waals surface area (Å²) >= 11 is 0. The van der Waals surface area contributed by atoms with Crippen LogP contribution in [0.1, 0.15) is 18.9 Å². The van der Waals surface area contributed by atoms with E-state index in [9.17, 15) is 4.79 Å². The van der Waals surface area contributed by atoms with Gasteiger partial charge in [0.1, 0.15) is 12.7 Å². The molecule has 1 N–H and O–H groups in total. The molecule has 0 bridgehead atoms. The van der Waals surface area contributed by atoms with Gasteiger partial charge in [0.15, 0.2) is 17.0 Å². The van der Waals surface area contributed by atoms with Gasteiger partial charge in [-0.15, -0.1) is 0 Å². The van der Waals surface area contributed by atoms with Crippen LogP contribution in [0.2, 0.25) is 0 Å². The standard InChI is InChI=1S/C25H23N9O/c1-31-22-21(30-24(31)33-15-28-17-6-2-4-8-19(17)33)23(27-14-26-22)32-12-10-16(11-13-32)34-20-9-5-3-7-18(20)29-25(34)35/h2-9,14-16H,10-13H2,1H3,(H,29,35). The van der Waals surface area contributed by atoms with Crippen molar-refractivity contribution in [2.45, 2.75) is 18.9 Å². The maximum Gasteiger partial charge on any atom is 0.326 e. The minimum Gasteiger partial charge on any atom is -0.354 e. The fourth-order valence-corrected chi connectivity index (χ4v) is 5.31. The molecule has 0 unspecified atom stereocenters. The lowest BCUT2D eigenvalue weighted by molar-refractivity contribution is 0.395. The fraction of sp³-hybridized carbons (Fsp3) is 0.240. The number of aryl methyl sites for hydroxylation is 1. The molecule has 5 heterocycles. The molecule has 0 atom stereocenters. The Labute approximate surface area is 199 Å². The van der Waals surface area contributed by atoms with E-state index < -0.39 is 0 Å². The quantitative estimate of drug-likeness (QED) is 0.431. The summed E-state index contributed by atoms with van der Waals surface area (Å²) in [6.07, 6.45) is 5.09. The third-order valence-electron chi connectivity index (χ3n) is 7.04. The SMILES string of the molecule is Cn1c(-n2cnc3ccccc32)nc2c(N3CCC(n4c(=O)[nH]c5ccccc54)CC3)ncnc21. The van der Waals surface area contributed by atoms with Crippen LogP contribution in [0.15, 0.2) is 66.0 Å². The van der Waals surface area contributed by atoms with Gasteiger partial charge in [-0.25, -0.2) is 24.7 Å². The molecule has 0 aliphatic carbocycles. The van der Waals surface area contributed by atoms with Gasteiger partial charge in [-0.05, 0) is 37.1 Å². The third kappa shape index (κ3) is 2.99. The predicted octanol–water partition coefficient (Wildman–Crippen LogP) is 3.19. The first-order valence-electron chi connectivity index (χ1n) is 11.7. The zero-order valence-electron chi connectivity index (χ0n) is 19.2. The number of benzene rings is 2. The van der Waals surface area contributed by atoms with Crippen LogP contribution in [0, 0.1) is 0 Å². The minimum atomic E-state index is -0.0454. The van der Waals surface area contributed by atoms with Crippen molar-refractivity contribution in [3.63, 3.8) is 0 Å². The summed E-state index contributed by atoms with van der Waals surface area (Å²) in [6, 6.07) is 16.0. The smallest absolute Gasteiger partial charge is 0.326 e. The summed E-state index contributed by atoms with van der Waals surface area (Å²) in [5.41, 5.74) is 5.25. The number of fused-ring (bicyclic) bond motifs is 3. The highest BCUT2D eigenvalue weighted by molar-refractivity contribution is 5.86. The van der Waals surface area contributed by atoms with Crippen molar-refractivity contribution in [1.82, 2.24) is 38.6 Å². The molecular weight excluding hydrogens is 442 g/mol. The lowest BCUT2D eigenvalue weighted by atomic mass is 10.0. The number of anilines is 1. The molecule has 10 nitrogen and oxygen atoms in total. The van der Waals surface area contributed by atoms with Gasteiger partial charge in [0.05, 0.1) is 22.1 Å². The van der Waals surface area contributed by atoms with Gasteiger partial charge >= 0.3 is 5.69 Å². The molecule has 6 aromatic rings. The van der Waals surface area contributed by atoms with Gasteiger partial charge in [0, 0.05) is 26.2 Å². The highest BCUT2D eigenvalue weighted by Crippen LogP contribution is 2.31. The maximum atomic E-state index is 12.7.